The number of hydrogen-bond acceptors (Lipinski definition) is 3. The van der Waals surface area contributed by atoms with Crippen LogP contribution in [0.4, 0.5) is 5.69 Å². The molecule has 3 aromatic heterocycles. The van der Waals surface area contributed by atoms with Crippen molar-refractivity contribution in [3.63, 3.8) is 0 Å². The van der Waals surface area contributed by atoms with Gasteiger partial charge in [-0.15, -0.1) is 0 Å². The van der Waals surface area contributed by atoms with Crippen LogP contribution in [0.25, 0.3) is 5.82 Å². The molecule has 0 unspecified atom stereocenters. The van der Waals surface area contributed by atoms with Crippen molar-refractivity contribution in [2.24, 2.45) is 0 Å². The molecular weight excluding hydrogens is 450 g/mol. The molecule has 0 radical (unpaired) electrons. The van der Waals surface area contributed by atoms with Crippen LogP contribution in [0.5, 0.6) is 0 Å². The second kappa shape index (κ2) is 9.27. The Morgan fingerprint density at radius 3 is 2.34 bits per heavy atom. The minimum Gasteiger partial charge on any atom is -0.351 e. The summed E-state index contributed by atoms with van der Waals surface area (Å²) in [5.41, 5.74) is 8.01. The van der Waals surface area contributed by atoms with Gasteiger partial charge in [0.15, 0.2) is 5.11 Å². The first-order valence-electron chi connectivity index (χ1n) is 12.1. The first kappa shape index (κ1) is 23.2. The Morgan fingerprint density at radius 1 is 0.943 bits per heavy atom. The Kier molecular flexibility index (Phi) is 6.15. The van der Waals surface area contributed by atoms with Crippen molar-refractivity contribution in [2.45, 2.75) is 52.6 Å². The molecule has 0 spiro atoms. The number of aromatic nitrogens is 3. The average Bonchev–Trinajstić information content (AvgIpc) is 3.35. The second-order valence-corrected chi connectivity index (χ2v) is 9.99. The molecule has 0 amide bonds. The van der Waals surface area contributed by atoms with Gasteiger partial charge in [0.2, 0.25) is 0 Å². The van der Waals surface area contributed by atoms with E-state index in [0.29, 0.717) is 11.0 Å². The third kappa shape index (κ3) is 4.23. The standard InChI is InChI=1S/C29H31N5S/c1-18(2)22-10-12-23(13-11-22)34-28(27(32-29(34)35)25-8-6-7-15-30-25)24-16-20(4)33(21(24)5)26-14-9-19(3)17-31-26/h6-18,27-28H,1-5H3,(H,32,35)/t27-,28+/m0/s1. The summed E-state index contributed by atoms with van der Waals surface area (Å²) in [4.78, 5) is 11.6. The predicted octanol–water partition coefficient (Wildman–Crippen LogP) is 6.49. The van der Waals surface area contributed by atoms with E-state index in [2.05, 4.69) is 97.9 Å². The molecule has 4 heterocycles. The molecule has 35 heavy (non-hydrogen) atoms. The minimum atomic E-state index is -0.0756. The monoisotopic (exact) mass is 481 g/mol. The number of hydrogen-bond donors (Lipinski definition) is 1. The van der Waals surface area contributed by atoms with Crippen LogP contribution in [0.15, 0.2) is 73.1 Å². The average molecular weight is 482 g/mol. The van der Waals surface area contributed by atoms with E-state index in [1.165, 1.54) is 11.1 Å². The Balaban J connectivity index is 1.65. The summed E-state index contributed by atoms with van der Waals surface area (Å²) < 4.78 is 2.23. The summed E-state index contributed by atoms with van der Waals surface area (Å²) >= 11 is 5.92. The Hall–Kier alpha value is -3.51. The number of benzene rings is 1. The summed E-state index contributed by atoms with van der Waals surface area (Å²) in [6.45, 7) is 10.8. The van der Waals surface area contributed by atoms with Crippen LogP contribution >= 0.6 is 12.2 Å². The lowest BCUT2D eigenvalue weighted by molar-refractivity contribution is 0.565. The lowest BCUT2D eigenvalue weighted by Gasteiger charge is -2.28. The highest BCUT2D eigenvalue weighted by Gasteiger charge is 2.42. The summed E-state index contributed by atoms with van der Waals surface area (Å²) in [6.07, 6.45) is 3.76. The van der Waals surface area contributed by atoms with E-state index in [1.54, 1.807) is 0 Å². The van der Waals surface area contributed by atoms with Crippen molar-refractivity contribution < 1.29 is 0 Å². The van der Waals surface area contributed by atoms with E-state index < -0.39 is 0 Å². The molecule has 4 aromatic rings. The summed E-state index contributed by atoms with van der Waals surface area (Å²) in [6, 6.07) is 21.1. The fourth-order valence-electron chi connectivity index (χ4n) is 5.00. The molecule has 1 aliphatic heterocycles. The van der Waals surface area contributed by atoms with Gasteiger partial charge in [-0.2, -0.15) is 0 Å². The van der Waals surface area contributed by atoms with Crippen molar-refractivity contribution >= 4 is 23.0 Å². The van der Waals surface area contributed by atoms with Gasteiger partial charge in [0.05, 0.1) is 17.8 Å². The van der Waals surface area contributed by atoms with Gasteiger partial charge in [0.25, 0.3) is 0 Å². The zero-order valence-corrected chi connectivity index (χ0v) is 21.7. The minimum absolute atomic E-state index is 0.0484. The number of nitrogens with one attached hydrogen (secondary N) is 1. The largest absolute Gasteiger partial charge is 0.351 e. The lowest BCUT2D eigenvalue weighted by Crippen LogP contribution is -2.29. The lowest BCUT2D eigenvalue weighted by atomic mass is 9.96. The number of nitrogens with zero attached hydrogens (tertiary/aromatic N) is 4. The molecule has 5 rings (SSSR count). The van der Waals surface area contributed by atoms with E-state index in [1.807, 2.05) is 24.5 Å². The van der Waals surface area contributed by atoms with Crippen LogP contribution in [-0.2, 0) is 0 Å². The number of rotatable bonds is 5. The molecule has 6 heteroatoms. The Morgan fingerprint density at radius 2 is 1.71 bits per heavy atom. The maximum absolute atomic E-state index is 5.92. The maximum atomic E-state index is 5.92. The molecule has 1 aromatic carbocycles. The SMILES string of the molecule is Cc1ccc(-n2c(C)cc([C@@H]3[C@H](c4ccccn4)NC(=S)N3c3ccc(C(C)C)cc3)c2C)nc1. The molecule has 178 valence electrons. The van der Waals surface area contributed by atoms with E-state index in [9.17, 15) is 0 Å². The molecule has 5 nitrogen and oxygen atoms in total. The van der Waals surface area contributed by atoms with Crippen LogP contribution in [0.1, 0.15) is 65.6 Å². The zero-order valence-electron chi connectivity index (χ0n) is 20.9. The highest BCUT2D eigenvalue weighted by Crippen LogP contribution is 2.43. The number of pyridine rings is 2. The molecule has 0 aliphatic carbocycles. The van der Waals surface area contributed by atoms with Gasteiger partial charge < -0.3 is 14.8 Å². The molecule has 1 saturated heterocycles. The molecule has 2 atom stereocenters. The van der Waals surface area contributed by atoms with E-state index in [4.69, 9.17) is 22.2 Å². The first-order chi connectivity index (χ1) is 16.8. The van der Waals surface area contributed by atoms with Crippen molar-refractivity contribution in [2.75, 3.05) is 4.90 Å². The van der Waals surface area contributed by atoms with E-state index >= 15 is 0 Å². The summed E-state index contributed by atoms with van der Waals surface area (Å²) in [7, 11) is 0. The number of aryl methyl sites for hydroxylation is 2. The van der Waals surface area contributed by atoms with Gasteiger partial charge in [-0.05, 0) is 92.0 Å². The van der Waals surface area contributed by atoms with Crippen molar-refractivity contribution in [3.8, 4) is 5.82 Å². The van der Waals surface area contributed by atoms with Crippen LogP contribution in [0.2, 0.25) is 0 Å². The quantitative estimate of drug-likeness (QED) is 0.330. The van der Waals surface area contributed by atoms with Gasteiger partial charge in [-0.3, -0.25) is 4.98 Å². The molecular formula is C29H31N5S. The van der Waals surface area contributed by atoms with Crippen molar-refractivity contribution in [1.82, 2.24) is 19.9 Å². The van der Waals surface area contributed by atoms with Crippen molar-refractivity contribution in [3.05, 3.63) is 107 Å². The number of anilines is 1. The molecule has 1 N–H and O–H groups in total. The summed E-state index contributed by atoms with van der Waals surface area (Å²) in [5, 5.41) is 4.29. The van der Waals surface area contributed by atoms with Gasteiger partial charge in [0.1, 0.15) is 5.82 Å². The van der Waals surface area contributed by atoms with E-state index in [0.717, 1.165) is 34.2 Å². The highest BCUT2D eigenvalue weighted by atomic mass is 32.1. The molecule has 1 fully saturated rings. The topological polar surface area (TPSA) is 46.0 Å². The second-order valence-electron chi connectivity index (χ2n) is 9.60. The molecule has 0 bridgehead atoms. The summed E-state index contributed by atoms with van der Waals surface area (Å²) in [5.74, 6) is 1.40. The highest BCUT2D eigenvalue weighted by molar-refractivity contribution is 7.80. The normalized spacial score (nSPS) is 17.8. The van der Waals surface area contributed by atoms with Crippen LogP contribution < -0.4 is 10.2 Å². The third-order valence-electron chi connectivity index (χ3n) is 6.85. The van der Waals surface area contributed by atoms with Gasteiger partial charge in [0, 0.05) is 29.5 Å². The maximum Gasteiger partial charge on any atom is 0.174 e. The predicted molar refractivity (Wildman–Crippen MR) is 146 cm³/mol. The van der Waals surface area contributed by atoms with E-state index in [-0.39, 0.29) is 12.1 Å². The van der Waals surface area contributed by atoms with Gasteiger partial charge in [-0.25, -0.2) is 4.98 Å². The van der Waals surface area contributed by atoms with Gasteiger partial charge in [-0.1, -0.05) is 38.1 Å². The Bertz CT molecular complexity index is 1340. The number of thiocarbonyl (C=S) groups is 1. The van der Waals surface area contributed by atoms with Crippen LogP contribution in [0, 0.1) is 20.8 Å². The Labute approximate surface area is 212 Å². The van der Waals surface area contributed by atoms with Gasteiger partial charge >= 0.3 is 0 Å². The zero-order chi connectivity index (χ0) is 24.7. The smallest absolute Gasteiger partial charge is 0.174 e. The molecule has 1 aliphatic rings. The third-order valence-corrected chi connectivity index (χ3v) is 7.16. The molecule has 0 saturated carbocycles. The van der Waals surface area contributed by atoms with Crippen LogP contribution in [-0.4, -0.2) is 19.6 Å². The van der Waals surface area contributed by atoms with Crippen molar-refractivity contribution in [1.29, 1.82) is 0 Å². The fraction of sp³-hybridized carbons (Fsp3) is 0.276. The first-order valence-corrected chi connectivity index (χ1v) is 12.5. The van der Waals surface area contributed by atoms with Crippen LogP contribution in [0.3, 0.4) is 0 Å². The fourth-order valence-corrected chi connectivity index (χ4v) is 5.35.